The molecule has 0 amide bonds. The molecule has 2 aromatic carbocycles. The summed E-state index contributed by atoms with van der Waals surface area (Å²) >= 11 is 0. The van der Waals surface area contributed by atoms with E-state index in [-0.39, 0.29) is 16.7 Å². The molecule has 6 rings (SSSR count). The average Bonchev–Trinajstić information content (AvgIpc) is 3.57. The number of aromatic nitrogens is 3. The van der Waals surface area contributed by atoms with Crippen molar-refractivity contribution in [1.82, 2.24) is 14.3 Å². The Kier molecular flexibility index (Phi) is 6.84. The zero-order valence-corrected chi connectivity index (χ0v) is 24.1. The van der Waals surface area contributed by atoms with Crippen LogP contribution in [0.25, 0.3) is 27.5 Å². The molecular weight excluding hydrogens is 546 g/mol. The molecule has 1 aliphatic carbocycles. The predicted octanol–water partition coefficient (Wildman–Crippen LogP) is 6.70. The fraction of sp³-hybridized carbons (Fsp3) is 0.355. The van der Waals surface area contributed by atoms with Crippen molar-refractivity contribution in [3.8, 4) is 11.1 Å². The highest BCUT2D eigenvalue weighted by atomic mass is 32.2. The molecule has 0 saturated heterocycles. The Hall–Kier alpha value is -3.79. The normalized spacial score (nSPS) is 17.7. The lowest BCUT2D eigenvalue weighted by Gasteiger charge is -2.33. The van der Waals surface area contributed by atoms with E-state index in [0.29, 0.717) is 36.9 Å². The van der Waals surface area contributed by atoms with Crippen LogP contribution in [0.4, 0.5) is 20.2 Å². The number of anilines is 2. The van der Waals surface area contributed by atoms with E-state index >= 15 is 0 Å². The van der Waals surface area contributed by atoms with Gasteiger partial charge >= 0.3 is 0 Å². The van der Waals surface area contributed by atoms with Gasteiger partial charge in [-0.1, -0.05) is 6.08 Å². The molecule has 0 saturated carbocycles. The van der Waals surface area contributed by atoms with Crippen molar-refractivity contribution in [3.63, 3.8) is 0 Å². The highest BCUT2D eigenvalue weighted by Crippen LogP contribution is 2.44. The first kappa shape index (κ1) is 27.4. The van der Waals surface area contributed by atoms with Gasteiger partial charge in [-0.2, -0.15) is 5.10 Å². The lowest BCUT2D eigenvalue weighted by molar-refractivity contribution is 0.0937. The van der Waals surface area contributed by atoms with E-state index in [1.54, 1.807) is 47.2 Å². The molecule has 1 unspecified atom stereocenters. The monoisotopic (exact) mass is 578 g/mol. The van der Waals surface area contributed by atoms with Gasteiger partial charge < -0.3 is 4.90 Å². The lowest BCUT2D eigenvalue weighted by atomic mass is 9.90. The lowest BCUT2D eigenvalue weighted by Crippen LogP contribution is -2.25. The number of allylic oxidation sites excluding steroid dienone is 2. The first-order valence-corrected chi connectivity index (χ1v) is 15.7. The summed E-state index contributed by atoms with van der Waals surface area (Å²) in [6.07, 6.45) is 10.8. The third kappa shape index (κ3) is 5.09. The van der Waals surface area contributed by atoms with Crippen molar-refractivity contribution in [2.75, 3.05) is 17.7 Å². The van der Waals surface area contributed by atoms with Crippen LogP contribution < -0.4 is 4.90 Å². The molecule has 41 heavy (non-hydrogen) atoms. The molecular formula is C31H32F2N4O3S. The average molecular weight is 579 g/mol. The molecule has 0 N–H and O–H groups in total. The van der Waals surface area contributed by atoms with Gasteiger partial charge in [-0.05, 0) is 78.6 Å². The summed E-state index contributed by atoms with van der Waals surface area (Å²) in [5.74, 6) is -0.123. The Morgan fingerprint density at radius 3 is 2.49 bits per heavy atom. The molecule has 4 aromatic rings. The highest BCUT2D eigenvalue weighted by molar-refractivity contribution is 7.91. The standard InChI is InChI=1S/C31H32F2N4O3S/c1-19(38)36-17-23-11-22(20-6-8-25(9-7-20)41(3,39)40)13-30(28(23)18-36)37-10-4-5-21-12-26(24-15-34-35(2)16-24)27(31(32)33)14-29(21)37/h6,11-18,25,31H,4-5,7-10H2,1-3H3. The van der Waals surface area contributed by atoms with Crippen LogP contribution in [0.3, 0.4) is 0 Å². The molecule has 7 nitrogen and oxygen atoms in total. The fourth-order valence-electron chi connectivity index (χ4n) is 6.18. The van der Waals surface area contributed by atoms with E-state index in [9.17, 15) is 22.0 Å². The van der Waals surface area contributed by atoms with Crippen LogP contribution in [0.1, 0.15) is 60.5 Å². The van der Waals surface area contributed by atoms with Gasteiger partial charge in [-0.25, -0.2) is 17.2 Å². The first-order valence-electron chi connectivity index (χ1n) is 13.8. The summed E-state index contributed by atoms with van der Waals surface area (Å²) in [4.78, 5) is 14.4. The summed E-state index contributed by atoms with van der Waals surface area (Å²) in [5.41, 5.74) is 5.68. The first-order chi connectivity index (χ1) is 19.5. The summed E-state index contributed by atoms with van der Waals surface area (Å²) in [5, 5.41) is 5.52. The molecule has 1 atom stereocenters. The van der Waals surface area contributed by atoms with Gasteiger partial charge in [-0.3, -0.25) is 14.0 Å². The molecule has 2 aromatic heterocycles. The largest absolute Gasteiger partial charge is 0.341 e. The number of hydrogen-bond acceptors (Lipinski definition) is 5. The molecule has 1 aliphatic heterocycles. The summed E-state index contributed by atoms with van der Waals surface area (Å²) in [6, 6.07) is 7.58. The third-order valence-corrected chi connectivity index (χ3v) is 9.99. The number of benzene rings is 2. The molecule has 0 fully saturated rings. The van der Waals surface area contributed by atoms with Crippen LogP contribution in [0, 0.1) is 0 Å². The van der Waals surface area contributed by atoms with Crippen LogP contribution in [-0.4, -0.2) is 46.7 Å². The third-order valence-electron chi connectivity index (χ3n) is 8.35. The number of alkyl halides is 2. The number of fused-ring (bicyclic) bond motifs is 2. The van der Waals surface area contributed by atoms with Crippen molar-refractivity contribution in [1.29, 1.82) is 0 Å². The Morgan fingerprint density at radius 2 is 1.85 bits per heavy atom. The minimum atomic E-state index is -3.12. The maximum atomic E-state index is 14.5. The molecule has 3 heterocycles. The molecule has 0 radical (unpaired) electrons. The van der Waals surface area contributed by atoms with Gasteiger partial charge in [0.25, 0.3) is 6.43 Å². The van der Waals surface area contributed by atoms with Gasteiger partial charge in [0.2, 0.25) is 5.91 Å². The number of rotatable bonds is 5. The summed E-state index contributed by atoms with van der Waals surface area (Å²) < 4.78 is 56.3. The van der Waals surface area contributed by atoms with Gasteiger partial charge in [0, 0.05) is 72.9 Å². The zero-order chi connectivity index (χ0) is 29.1. The number of halogens is 2. The van der Waals surface area contributed by atoms with Gasteiger partial charge in [0.1, 0.15) is 0 Å². The van der Waals surface area contributed by atoms with Crippen LogP contribution >= 0.6 is 0 Å². The number of carbonyl (C=O) groups excluding carboxylic acids is 1. The minimum absolute atomic E-state index is 0.0424. The van der Waals surface area contributed by atoms with Crippen molar-refractivity contribution in [2.24, 2.45) is 7.05 Å². The topological polar surface area (TPSA) is 77.2 Å². The SMILES string of the molecule is CC(=O)n1cc2cc(C3=CCC(S(C)(=O)=O)CC3)cc(N3CCCc4cc(-c5cnn(C)c5)c(C(F)F)cc43)c2c1. The minimum Gasteiger partial charge on any atom is -0.341 e. The molecule has 2 aliphatic rings. The second-order valence-corrected chi connectivity index (χ2v) is 13.5. The number of sulfone groups is 1. The van der Waals surface area contributed by atoms with Crippen LogP contribution in [0.2, 0.25) is 0 Å². The summed E-state index contributed by atoms with van der Waals surface area (Å²) in [7, 11) is -1.36. The van der Waals surface area contributed by atoms with Gasteiger partial charge in [0.15, 0.2) is 9.84 Å². The maximum Gasteiger partial charge on any atom is 0.264 e. The Morgan fingerprint density at radius 1 is 1.05 bits per heavy atom. The maximum absolute atomic E-state index is 14.5. The number of carbonyl (C=O) groups is 1. The van der Waals surface area contributed by atoms with E-state index in [1.807, 2.05) is 18.2 Å². The number of nitrogens with zero attached hydrogens (tertiary/aromatic N) is 4. The molecule has 0 bridgehead atoms. The second-order valence-electron chi connectivity index (χ2n) is 11.2. The molecule has 10 heteroatoms. The van der Waals surface area contributed by atoms with Crippen LogP contribution in [0.15, 0.2) is 55.1 Å². The fourth-order valence-corrected chi connectivity index (χ4v) is 7.17. The van der Waals surface area contributed by atoms with E-state index in [0.717, 1.165) is 51.7 Å². The van der Waals surface area contributed by atoms with Gasteiger partial charge in [0.05, 0.1) is 17.1 Å². The van der Waals surface area contributed by atoms with Crippen molar-refractivity contribution >= 4 is 43.5 Å². The van der Waals surface area contributed by atoms with Gasteiger partial charge in [-0.15, -0.1) is 0 Å². The van der Waals surface area contributed by atoms with Crippen LogP contribution in [-0.2, 0) is 23.3 Å². The Bertz CT molecular complexity index is 1820. The quantitative estimate of drug-likeness (QED) is 0.263. The van der Waals surface area contributed by atoms with E-state index in [1.165, 1.54) is 13.2 Å². The van der Waals surface area contributed by atoms with Crippen molar-refractivity contribution in [2.45, 2.75) is 50.7 Å². The van der Waals surface area contributed by atoms with Crippen LogP contribution in [0.5, 0.6) is 0 Å². The highest BCUT2D eigenvalue weighted by Gasteiger charge is 2.28. The zero-order valence-electron chi connectivity index (χ0n) is 23.3. The number of aryl methyl sites for hydroxylation is 2. The second kappa shape index (κ2) is 10.2. The smallest absolute Gasteiger partial charge is 0.264 e. The molecule has 214 valence electrons. The van der Waals surface area contributed by atoms with E-state index in [2.05, 4.69) is 16.1 Å². The van der Waals surface area contributed by atoms with Crippen molar-refractivity contribution < 1.29 is 22.0 Å². The summed E-state index contributed by atoms with van der Waals surface area (Å²) in [6.45, 7) is 2.14. The number of hydrogen-bond donors (Lipinski definition) is 0. The van der Waals surface area contributed by atoms with E-state index < -0.39 is 16.3 Å². The van der Waals surface area contributed by atoms with E-state index in [4.69, 9.17) is 0 Å². The predicted molar refractivity (Wildman–Crippen MR) is 158 cm³/mol. The Labute approximate surface area is 238 Å². The molecule has 0 spiro atoms. The Balaban J connectivity index is 1.50. The van der Waals surface area contributed by atoms with Crippen molar-refractivity contribution in [3.05, 3.63) is 71.8 Å².